The molecule has 1 aliphatic heterocycles. The number of fused-ring (bicyclic) bond motifs is 1. The standard InChI is InChI=1S/C15H17NO2S2/c1-12-11-19-10-9-16(12)20(17,18)15-8-4-6-13-5-2-3-7-14(13)15/h2-8,12H,9-11H2,1H3. The molecule has 0 spiro atoms. The Morgan fingerprint density at radius 2 is 1.90 bits per heavy atom. The van der Waals surface area contributed by atoms with Gasteiger partial charge in [0.05, 0.1) is 4.90 Å². The van der Waals surface area contributed by atoms with Gasteiger partial charge in [0.1, 0.15) is 0 Å². The van der Waals surface area contributed by atoms with E-state index in [4.69, 9.17) is 0 Å². The quantitative estimate of drug-likeness (QED) is 0.856. The first-order chi connectivity index (χ1) is 9.60. The van der Waals surface area contributed by atoms with Crippen molar-refractivity contribution in [3.8, 4) is 0 Å². The van der Waals surface area contributed by atoms with Crippen LogP contribution in [0.4, 0.5) is 0 Å². The summed E-state index contributed by atoms with van der Waals surface area (Å²) in [6, 6.07) is 13.2. The Balaban J connectivity index is 2.14. The number of thioether (sulfide) groups is 1. The zero-order valence-corrected chi connectivity index (χ0v) is 13.0. The predicted octanol–water partition coefficient (Wildman–Crippen LogP) is 2.97. The molecular formula is C15H17NO2S2. The van der Waals surface area contributed by atoms with E-state index < -0.39 is 10.0 Å². The molecule has 106 valence electrons. The molecule has 1 heterocycles. The second-order valence-electron chi connectivity index (χ2n) is 5.02. The summed E-state index contributed by atoms with van der Waals surface area (Å²) in [5, 5.41) is 1.77. The minimum absolute atomic E-state index is 0.0534. The maximum absolute atomic E-state index is 12.9. The molecule has 1 aliphatic rings. The molecule has 5 heteroatoms. The average molecular weight is 307 g/mol. The van der Waals surface area contributed by atoms with E-state index in [-0.39, 0.29) is 6.04 Å². The highest BCUT2D eigenvalue weighted by Gasteiger charge is 2.32. The van der Waals surface area contributed by atoms with Gasteiger partial charge in [-0.05, 0) is 18.4 Å². The third-order valence-electron chi connectivity index (χ3n) is 3.64. The molecule has 0 aliphatic carbocycles. The van der Waals surface area contributed by atoms with Crippen LogP contribution in [-0.4, -0.2) is 36.8 Å². The van der Waals surface area contributed by atoms with Crippen molar-refractivity contribution in [3.63, 3.8) is 0 Å². The summed E-state index contributed by atoms with van der Waals surface area (Å²) in [5.41, 5.74) is 0. The summed E-state index contributed by atoms with van der Waals surface area (Å²) >= 11 is 1.82. The van der Waals surface area contributed by atoms with E-state index in [0.717, 1.165) is 22.3 Å². The highest BCUT2D eigenvalue weighted by molar-refractivity contribution is 7.99. The van der Waals surface area contributed by atoms with Gasteiger partial charge >= 0.3 is 0 Å². The summed E-state index contributed by atoms with van der Waals surface area (Å²) in [6.45, 7) is 2.58. The third kappa shape index (κ3) is 2.34. The predicted molar refractivity (Wildman–Crippen MR) is 84.6 cm³/mol. The van der Waals surface area contributed by atoms with Crippen LogP contribution >= 0.6 is 11.8 Å². The van der Waals surface area contributed by atoms with E-state index >= 15 is 0 Å². The number of benzene rings is 2. The van der Waals surface area contributed by atoms with Gasteiger partial charge < -0.3 is 0 Å². The number of nitrogens with zero attached hydrogens (tertiary/aromatic N) is 1. The van der Waals surface area contributed by atoms with E-state index in [0.29, 0.717) is 11.4 Å². The van der Waals surface area contributed by atoms with Crippen molar-refractivity contribution < 1.29 is 8.42 Å². The highest BCUT2D eigenvalue weighted by Crippen LogP contribution is 2.29. The molecular weight excluding hydrogens is 290 g/mol. The van der Waals surface area contributed by atoms with Gasteiger partial charge in [0.2, 0.25) is 10.0 Å². The SMILES string of the molecule is CC1CSCCN1S(=O)(=O)c1cccc2ccccc12. The molecule has 0 saturated carbocycles. The largest absolute Gasteiger partial charge is 0.243 e. The monoisotopic (exact) mass is 307 g/mol. The maximum atomic E-state index is 12.9. The average Bonchev–Trinajstić information content (AvgIpc) is 2.47. The van der Waals surface area contributed by atoms with Crippen molar-refractivity contribution in [1.29, 1.82) is 0 Å². The van der Waals surface area contributed by atoms with Gasteiger partial charge in [0, 0.05) is 29.5 Å². The van der Waals surface area contributed by atoms with Gasteiger partial charge in [-0.15, -0.1) is 0 Å². The van der Waals surface area contributed by atoms with Crippen LogP contribution in [0.5, 0.6) is 0 Å². The molecule has 20 heavy (non-hydrogen) atoms. The maximum Gasteiger partial charge on any atom is 0.243 e. The minimum Gasteiger partial charge on any atom is -0.207 e. The Morgan fingerprint density at radius 3 is 2.70 bits per heavy atom. The molecule has 1 saturated heterocycles. The van der Waals surface area contributed by atoms with Gasteiger partial charge in [-0.25, -0.2) is 8.42 Å². The molecule has 0 aromatic heterocycles. The summed E-state index contributed by atoms with van der Waals surface area (Å²) in [5.74, 6) is 1.73. The zero-order valence-electron chi connectivity index (χ0n) is 11.3. The van der Waals surface area contributed by atoms with Crippen LogP contribution in [0, 0.1) is 0 Å². The Morgan fingerprint density at radius 1 is 1.15 bits per heavy atom. The van der Waals surface area contributed by atoms with E-state index in [1.54, 1.807) is 10.4 Å². The first-order valence-electron chi connectivity index (χ1n) is 6.68. The fraction of sp³-hybridized carbons (Fsp3) is 0.333. The fourth-order valence-electron chi connectivity index (χ4n) is 2.62. The van der Waals surface area contributed by atoms with Crippen LogP contribution in [0.2, 0.25) is 0 Å². The normalized spacial score (nSPS) is 21.1. The summed E-state index contributed by atoms with van der Waals surface area (Å²) in [7, 11) is -3.42. The van der Waals surface area contributed by atoms with Crippen LogP contribution in [0.25, 0.3) is 10.8 Å². The van der Waals surface area contributed by atoms with Crippen LogP contribution in [0.3, 0.4) is 0 Å². The van der Waals surface area contributed by atoms with E-state index in [2.05, 4.69) is 0 Å². The Labute approximate surface area is 124 Å². The Hall–Kier alpha value is -1.04. The van der Waals surface area contributed by atoms with Crippen molar-refractivity contribution in [2.45, 2.75) is 17.9 Å². The van der Waals surface area contributed by atoms with Gasteiger partial charge in [-0.3, -0.25) is 0 Å². The molecule has 2 aromatic carbocycles. The molecule has 0 bridgehead atoms. The molecule has 0 amide bonds. The highest BCUT2D eigenvalue weighted by atomic mass is 32.2. The molecule has 2 aromatic rings. The number of sulfonamides is 1. The lowest BCUT2D eigenvalue weighted by atomic mass is 10.1. The lowest BCUT2D eigenvalue weighted by molar-refractivity contribution is 0.368. The second kappa shape index (κ2) is 5.39. The van der Waals surface area contributed by atoms with Crippen molar-refractivity contribution in [1.82, 2.24) is 4.31 Å². The van der Waals surface area contributed by atoms with Crippen LogP contribution < -0.4 is 0 Å². The van der Waals surface area contributed by atoms with Crippen LogP contribution in [0.1, 0.15) is 6.92 Å². The van der Waals surface area contributed by atoms with Crippen molar-refractivity contribution >= 4 is 32.6 Å². The van der Waals surface area contributed by atoms with Gasteiger partial charge in [0.15, 0.2) is 0 Å². The van der Waals surface area contributed by atoms with Gasteiger partial charge in [-0.1, -0.05) is 36.4 Å². The summed E-state index contributed by atoms with van der Waals surface area (Å²) in [6.07, 6.45) is 0. The number of rotatable bonds is 2. The summed E-state index contributed by atoms with van der Waals surface area (Å²) < 4.78 is 27.5. The Kier molecular flexibility index (Phi) is 3.75. The molecule has 3 nitrogen and oxygen atoms in total. The molecule has 1 fully saturated rings. The lowest BCUT2D eigenvalue weighted by Crippen LogP contribution is -2.44. The topological polar surface area (TPSA) is 37.4 Å². The number of hydrogen-bond donors (Lipinski definition) is 0. The molecule has 1 atom stereocenters. The van der Waals surface area contributed by atoms with E-state index in [1.165, 1.54) is 0 Å². The van der Waals surface area contributed by atoms with Gasteiger partial charge in [-0.2, -0.15) is 16.1 Å². The van der Waals surface area contributed by atoms with Crippen molar-refractivity contribution in [2.24, 2.45) is 0 Å². The smallest absolute Gasteiger partial charge is 0.207 e. The fourth-order valence-corrected chi connectivity index (χ4v) is 5.69. The second-order valence-corrected chi connectivity index (χ2v) is 8.03. The van der Waals surface area contributed by atoms with E-state index in [1.807, 2.05) is 55.1 Å². The number of hydrogen-bond acceptors (Lipinski definition) is 3. The molecule has 3 rings (SSSR count). The third-order valence-corrected chi connectivity index (χ3v) is 6.90. The minimum atomic E-state index is -3.42. The first kappa shape index (κ1) is 13.9. The first-order valence-corrected chi connectivity index (χ1v) is 9.27. The van der Waals surface area contributed by atoms with E-state index in [9.17, 15) is 8.42 Å². The van der Waals surface area contributed by atoms with Crippen molar-refractivity contribution in [2.75, 3.05) is 18.1 Å². The van der Waals surface area contributed by atoms with Gasteiger partial charge in [0.25, 0.3) is 0 Å². The van der Waals surface area contributed by atoms with Crippen LogP contribution in [0.15, 0.2) is 47.4 Å². The summed E-state index contributed by atoms with van der Waals surface area (Å²) in [4.78, 5) is 0.425. The van der Waals surface area contributed by atoms with Crippen LogP contribution in [-0.2, 0) is 10.0 Å². The zero-order chi connectivity index (χ0) is 14.2. The van der Waals surface area contributed by atoms with Crippen molar-refractivity contribution in [3.05, 3.63) is 42.5 Å². The molecule has 0 radical (unpaired) electrons. The molecule has 1 unspecified atom stereocenters. The lowest BCUT2D eigenvalue weighted by Gasteiger charge is -2.32. The Bertz CT molecular complexity index is 722. The molecule has 0 N–H and O–H groups in total.